The van der Waals surface area contributed by atoms with E-state index in [4.69, 9.17) is 11.6 Å². The van der Waals surface area contributed by atoms with Gasteiger partial charge in [0.15, 0.2) is 0 Å². The van der Waals surface area contributed by atoms with Crippen molar-refractivity contribution in [3.05, 3.63) is 58.1 Å². The molecule has 3 aromatic rings. The first-order chi connectivity index (χ1) is 9.99. The second-order valence-corrected chi connectivity index (χ2v) is 6.47. The highest BCUT2D eigenvalue weighted by molar-refractivity contribution is 9.10. The minimum absolute atomic E-state index is 0.256. The molecule has 0 N–H and O–H groups in total. The van der Waals surface area contributed by atoms with Gasteiger partial charge in [-0.1, -0.05) is 12.1 Å². The van der Waals surface area contributed by atoms with Crippen molar-refractivity contribution >= 4 is 38.6 Å². The SMILES string of the molecule is Cc1cc2c(cc1F)nc(C(C)Cl)n2-c1ccccc1Br. The Labute approximate surface area is 135 Å². The van der Waals surface area contributed by atoms with Gasteiger partial charge >= 0.3 is 0 Å². The maximum Gasteiger partial charge on any atom is 0.132 e. The number of hydrogen-bond acceptors (Lipinski definition) is 1. The Kier molecular flexibility index (Phi) is 3.76. The number of fused-ring (bicyclic) bond motifs is 1. The lowest BCUT2D eigenvalue weighted by Crippen LogP contribution is -2.02. The molecule has 2 aromatic carbocycles. The van der Waals surface area contributed by atoms with Crippen molar-refractivity contribution in [1.29, 1.82) is 0 Å². The first kappa shape index (κ1) is 14.5. The summed E-state index contributed by atoms with van der Waals surface area (Å²) < 4.78 is 16.7. The minimum Gasteiger partial charge on any atom is -0.294 e. The van der Waals surface area contributed by atoms with E-state index < -0.39 is 0 Å². The van der Waals surface area contributed by atoms with Crippen molar-refractivity contribution in [3.63, 3.8) is 0 Å². The van der Waals surface area contributed by atoms with Crippen LogP contribution in [0.4, 0.5) is 4.39 Å². The van der Waals surface area contributed by atoms with E-state index in [0.29, 0.717) is 16.9 Å². The highest BCUT2D eigenvalue weighted by atomic mass is 79.9. The first-order valence-corrected chi connectivity index (χ1v) is 7.79. The molecule has 0 aliphatic carbocycles. The average Bonchev–Trinajstić information content (AvgIpc) is 2.78. The largest absolute Gasteiger partial charge is 0.294 e. The Bertz CT molecular complexity index is 827. The van der Waals surface area contributed by atoms with Crippen LogP contribution in [0.1, 0.15) is 23.7 Å². The fraction of sp³-hybridized carbons (Fsp3) is 0.188. The maximum atomic E-state index is 13.8. The maximum absolute atomic E-state index is 13.8. The van der Waals surface area contributed by atoms with Crippen molar-refractivity contribution in [2.75, 3.05) is 0 Å². The number of aromatic nitrogens is 2. The van der Waals surface area contributed by atoms with Crippen molar-refractivity contribution in [2.45, 2.75) is 19.2 Å². The molecule has 2 nitrogen and oxygen atoms in total. The third-order valence-corrected chi connectivity index (χ3v) is 4.28. The normalized spacial score (nSPS) is 12.8. The molecule has 1 unspecified atom stereocenters. The number of hydrogen-bond donors (Lipinski definition) is 0. The number of rotatable bonds is 2. The lowest BCUT2D eigenvalue weighted by atomic mass is 10.2. The second-order valence-electron chi connectivity index (χ2n) is 4.96. The molecule has 0 radical (unpaired) electrons. The van der Waals surface area contributed by atoms with Gasteiger partial charge in [-0.05, 0) is 53.5 Å². The summed E-state index contributed by atoms with van der Waals surface area (Å²) in [4.78, 5) is 4.50. The van der Waals surface area contributed by atoms with Gasteiger partial charge in [0.2, 0.25) is 0 Å². The highest BCUT2D eigenvalue weighted by Gasteiger charge is 2.18. The van der Waals surface area contributed by atoms with Gasteiger partial charge in [-0.25, -0.2) is 9.37 Å². The van der Waals surface area contributed by atoms with Gasteiger partial charge in [0, 0.05) is 10.5 Å². The van der Waals surface area contributed by atoms with E-state index in [-0.39, 0.29) is 11.2 Å². The summed E-state index contributed by atoms with van der Waals surface area (Å²) in [7, 11) is 0. The van der Waals surface area contributed by atoms with Crippen LogP contribution in [0.25, 0.3) is 16.7 Å². The number of nitrogens with zero attached hydrogens (tertiary/aromatic N) is 2. The predicted molar refractivity (Wildman–Crippen MR) is 87.7 cm³/mol. The van der Waals surface area contributed by atoms with E-state index in [1.54, 1.807) is 13.0 Å². The highest BCUT2D eigenvalue weighted by Crippen LogP contribution is 2.32. The van der Waals surface area contributed by atoms with Crippen LogP contribution in [-0.4, -0.2) is 9.55 Å². The fourth-order valence-corrected chi connectivity index (χ4v) is 2.98. The van der Waals surface area contributed by atoms with E-state index >= 15 is 0 Å². The van der Waals surface area contributed by atoms with Gasteiger partial charge in [0.05, 0.1) is 22.1 Å². The Morgan fingerprint density at radius 2 is 2.00 bits per heavy atom. The first-order valence-electron chi connectivity index (χ1n) is 6.56. The molecule has 0 amide bonds. The molecule has 0 fully saturated rings. The molecule has 0 saturated heterocycles. The quantitative estimate of drug-likeness (QED) is 0.544. The standard InChI is InChI=1S/C16H13BrClFN2/c1-9-7-15-13(8-12(9)19)20-16(10(2)18)21(15)14-6-4-3-5-11(14)17/h3-8,10H,1-2H3. The smallest absolute Gasteiger partial charge is 0.132 e. The van der Waals surface area contributed by atoms with Crippen molar-refractivity contribution in [1.82, 2.24) is 9.55 Å². The van der Waals surface area contributed by atoms with Crippen molar-refractivity contribution < 1.29 is 4.39 Å². The third-order valence-electron chi connectivity index (χ3n) is 3.41. The Morgan fingerprint density at radius 3 is 2.67 bits per heavy atom. The molecule has 0 spiro atoms. The minimum atomic E-state index is -0.284. The van der Waals surface area contributed by atoms with Crippen LogP contribution >= 0.6 is 27.5 Å². The summed E-state index contributed by atoms with van der Waals surface area (Å²) in [5.74, 6) is 0.441. The average molecular weight is 368 g/mol. The summed E-state index contributed by atoms with van der Waals surface area (Å²) in [6.07, 6.45) is 0. The lowest BCUT2D eigenvalue weighted by Gasteiger charge is -2.12. The van der Waals surface area contributed by atoms with Gasteiger partial charge in [-0.2, -0.15) is 0 Å². The molecule has 0 aliphatic rings. The van der Waals surface area contributed by atoms with Crippen LogP contribution in [-0.2, 0) is 0 Å². The number of alkyl halides is 1. The monoisotopic (exact) mass is 366 g/mol. The molecule has 1 aromatic heterocycles. The second kappa shape index (κ2) is 5.43. The molecule has 0 bridgehead atoms. The number of para-hydroxylation sites is 1. The predicted octanol–water partition coefficient (Wildman–Crippen LogP) is 5.54. The zero-order valence-electron chi connectivity index (χ0n) is 11.6. The van der Waals surface area contributed by atoms with Gasteiger partial charge in [0.1, 0.15) is 11.6 Å². The van der Waals surface area contributed by atoms with E-state index in [1.165, 1.54) is 6.07 Å². The van der Waals surface area contributed by atoms with Crippen LogP contribution in [0.2, 0.25) is 0 Å². The third kappa shape index (κ3) is 2.47. The van der Waals surface area contributed by atoms with Crippen LogP contribution in [0.5, 0.6) is 0 Å². The summed E-state index contributed by atoms with van der Waals surface area (Å²) in [6, 6.07) is 11.1. The summed E-state index contributed by atoms with van der Waals surface area (Å²) in [5.41, 5.74) is 2.98. The number of imidazole rings is 1. The van der Waals surface area contributed by atoms with Crippen LogP contribution < -0.4 is 0 Å². The molecule has 21 heavy (non-hydrogen) atoms. The van der Waals surface area contributed by atoms with Gasteiger partial charge in [0.25, 0.3) is 0 Å². The zero-order chi connectivity index (χ0) is 15.1. The van der Waals surface area contributed by atoms with Crippen LogP contribution in [0, 0.1) is 12.7 Å². The van der Waals surface area contributed by atoms with Gasteiger partial charge < -0.3 is 0 Å². The van der Waals surface area contributed by atoms with E-state index in [0.717, 1.165) is 15.7 Å². The molecule has 0 aliphatic heterocycles. The Balaban J connectivity index is 2.41. The van der Waals surface area contributed by atoms with Gasteiger partial charge in [-0.15, -0.1) is 11.6 Å². The number of halogens is 3. The van der Waals surface area contributed by atoms with E-state index in [1.807, 2.05) is 35.8 Å². The van der Waals surface area contributed by atoms with E-state index in [9.17, 15) is 4.39 Å². The molecule has 5 heteroatoms. The van der Waals surface area contributed by atoms with Gasteiger partial charge in [-0.3, -0.25) is 4.57 Å². The topological polar surface area (TPSA) is 17.8 Å². The Hall–Kier alpha value is -1.39. The van der Waals surface area contributed by atoms with E-state index in [2.05, 4.69) is 20.9 Å². The number of benzene rings is 2. The summed E-state index contributed by atoms with van der Waals surface area (Å²) >= 11 is 9.82. The molecule has 3 rings (SSSR count). The molecular formula is C16H13BrClFN2. The Morgan fingerprint density at radius 1 is 1.29 bits per heavy atom. The molecule has 1 heterocycles. The van der Waals surface area contributed by atoms with Crippen molar-refractivity contribution in [2.24, 2.45) is 0 Å². The van der Waals surface area contributed by atoms with Crippen LogP contribution in [0.15, 0.2) is 40.9 Å². The fourth-order valence-electron chi connectivity index (χ4n) is 2.37. The van der Waals surface area contributed by atoms with Crippen molar-refractivity contribution in [3.8, 4) is 5.69 Å². The zero-order valence-corrected chi connectivity index (χ0v) is 13.9. The lowest BCUT2D eigenvalue weighted by molar-refractivity contribution is 0.620. The summed E-state index contributed by atoms with van der Waals surface area (Å²) in [5, 5.41) is -0.284. The summed E-state index contributed by atoms with van der Waals surface area (Å²) in [6.45, 7) is 3.61. The molecule has 0 saturated carbocycles. The van der Waals surface area contributed by atoms with Crippen LogP contribution in [0.3, 0.4) is 0 Å². The number of aryl methyl sites for hydroxylation is 1. The molecular weight excluding hydrogens is 355 g/mol. The molecule has 1 atom stereocenters. The molecule has 108 valence electrons.